The molecule has 2 aliphatic rings. The van der Waals surface area contributed by atoms with E-state index in [1.807, 2.05) is 24.3 Å². The van der Waals surface area contributed by atoms with Gasteiger partial charge in [-0.2, -0.15) is 0 Å². The van der Waals surface area contributed by atoms with Crippen LogP contribution in [0.4, 0.5) is 0 Å². The molecule has 4 heteroatoms. The number of benzene rings is 2. The molecule has 0 saturated heterocycles. The van der Waals surface area contributed by atoms with E-state index in [2.05, 4.69) is 77.9 Å². The van der Waals surface area contributed by atoms with Crippen molar-refractivity contribution in [2.45, 2.75) is 72.5 Å². The first-order valence-corrected chi connectivity index (χ1v) is 12.2. The summed E-state index contributed by atoms with van der Waals surface area (Å²) < 4.78 is 0. The van der Waals surface area contributed by atoms with Gasteiger partial charge >= 0.3 is 0 Å². The van der Waals surface area contributed by atoms with Gasteiger partial charge in [0.2, 0.25) is 0 Å². The molecule has 2 saturated carbocycles. The van der Waals surface area contributed by atoms with Crippen LogP contribution in [0.3, 0.4) is 0 Å². The third-order valence-electron chi connectivity index (χ3n) is 7.82. The van der Waals surface area contributed by atoms with Crippen LogP contribution < -0.4 is 0 Å². The minimum absolute atomic E-state index is 0. The van der Waals surface area contributed by atoms with Gasteiger partial charge in [-0.05, 0) is 58.2 Å². The number of hydrogen-bond acceptors (Lipinski definition) is 3. The van der Waals surface area contributed by atoms with Gasteiger partial charge in [0.1, 0.15) is 0 Å². The van der Waals surface area contributed by atoms with E-state index in [4.69, 9.17) is 4.98 Å². The van der Waals surface area contributed by atoms with Gasteiger partial charge in [0.05, 0.1) is 17.7 Å². The fraction of sp³-hybridized carbons (Fsp3) is 0.500. The molecule has 2 N–H and O–H groups in total. The molecule has 185 valence electrons. The number of hydrogen-bond donors (Lipinski definition) is 2. The third kappa shape index (κ3) is 5.31. The number of rotatable bonds is 2. The number of aliphatic hydroxyl groups excluding tert-OH is 2. The summed E-state index contributed by atoms with van der Waals surface area (Å²) in [6.07, 6.45) is 1.45. The van der Waals surface area contributed by atoms with Crippen LogP contribution in [-0.2, 0) is 20.1 Å². The summed E-state index contributed by atoms with van der Waals surface area (Å²) in [6.45, 7) is 12.8. The molecule has 2 fully saturated rings. The fourth-order valence-electron chi connectivity index (χ4n) is 5.86. The molecule has 5 rings (SSSR count). The largest absolute Gasteiger partial charge is 0.392 e. The van der Waals surface area contributed by atoms with E-state index in [-0.39, 0.29) is 49.1 Å². The molecule has 2 unspecified atom stereocenters. The van der Waals surface area contributed by atoms with E-state index < -0.39 is 0 Å². The molecule has 1 radical (unpaired) electrons. The Bertz CT molecular complexity index is 1090. The van der Waals surface area contributed by atoms with Crippen molar-refractivity contribution in [2.24, 2.45) is 22.7 Å². The van der Waals surface area contributed by atoms with Crippen LogP contribution in [0.25, 0.3) is 22.2 Å². The van der Waals surface area contributed by atoms with Crippen molar-refractivity contribution in [3.8, 4) is 11.3 Å². The standard InChI is InChI=1S/C18H16N.C12H22O2.Ir/c1-13(2)16-9-8-15-10-11-17(19-18(15)12-16)14-6-4-3-5-7-14;1-11(2)5-7-6-12(3,4)10(14)8(7)9(11)13;/h3-6,8-13H,1-2H3;7-10,13-14H,5-6H2,1-4H3;/q-1;;. The second-order valence-electron chi connectivity index (χ2n) is 11.7. The van der Waals surface area contributed by atoms with Crippen LogP contribution >= 0.6 is 0 Å². The molecule has 0 amide bonds. The van der Waals surface area contributed by atoms with Crippen LogP contribution in [0, 0.1) is 28.7 Å². The molecule has 2 aromatic carbocycles. The summed E-state index contributed by atoms with van der Waals surface area (Å²) >= 11 is 0. The maximum Gasteiger partial charge on any atom is 0.0646 e. The van der Waals surface area contributed by atoms with Gasteiger partial charge in [-0.3, -0.25) is 4.98 Å². The van der Waals surface area contributed by atoms with Gasteiger partial charge < -0.3 is 10.2 Å². The van der Waals surface area contributed by atoms with Crippen molar-refractivity contribution in [3.05, 3.63) is 66.2 Å². The van der Waals surface area contributed by atoms with Gasteiger partial charge in [-0.15, -0.1) is 35.9 Å². The molecule has 3 nitrogen and oxygen atoms in total. The first-order chi connectivity index (χ1) is 15.5. The Labute approximate surface area is 218 Å². The van der Waals surface area contributed by atoms with Gasteiger partial charge in [0.15, 0.2) is 0 Å². The van der Waals surface area contributed by atoms with E-state index >= 15 is 0 Å². The SMILES string of the molecule is CC(C)c1ccc2ccc(-c3[c-]cccc3)nc2c1.CC1(C)CC2CC(C)(C)C(O)C2C1O.[Ir]. The molecule has 0 bridgehead atoms. The zero-order valence-electron chi connectivity index (χ0n) is 21.2. The number of aliphatic hydroxyl groups is 2. The van der Waals surface area contributed by atoms with E-state index in [1.165, 1.54) is 10.9 Å². The van der Waals surface area contributed by atoms with Crippen LogP contribution in [0.1, 0.15) is 65.9 Å². The maximum absolute atomic E-state index is 10.2. The molecule has 3 aromatic rings. The molecule has 2 aliphatic carbocycles. The Morgan fingerprint density at radius 3 is 2.06 bits per heavy atom. The zero-order chi connectivity index (χ0) is 24.0. The summed E-state index contributed by atoms with van der Waals surface area (Å²) in [5.41, 5.74) is 4.39. The third-order valence-corrected chi connectivity index (χ3v) is 7.82. The molecule has 34 heavy (non-hydrogen) atoms. The summed E-state index contributed by atoms with van der Waals surface area (Å²) in [4.78, 5) is 4.76. The van der Waals surface area contributed by atoms with Gasteiger partial charge in [-0.25, -0.2) is 0 Å². The minimum Gasteiger partial charge on any atom is -0.392 e. The summed E-state index contributed by atoms with van der Waals surface area (Å²) in [6, 6.07) is 21.9. The molecular weight excluding hydrogens is 599 g/mol. The first kappa shape index (κ1) is 27.0. The molecule has 1 aromatic heterocycles. The van der Waals surface area contributed by atoms with Crippen LogP contribution in [0.15, 0.2) is 54.6 Å². The maximum atomic E-state index is 10.2. The molecular formula is C30H38IrNO2-. The zero-order valence-corrected chi connectivity index (χ0v) is 23.6. The predicted molar refractivity (Wildman–Crippen MR) is 136 cm³/mol. The number of fused-ring (bicyclic) bond motifs is 2. The number of nitrogens with zero attached hydrogens (tertiary/aromatic N) is 1. The Kier molecular flexibility index (Phi) is 8.09. The summed E-state index contributed by atoms with van der Waals surface area (Å²) in [7, 11) is 0. The first-order valence-electron chi connectivity index (χ1n) is 12.2. The van der Waals surface area contributed by atoms with Crippen molar-refractivity contribution in [1.29, 1.82) is 0 Å². The second-order valence-corrected chi connectivity index (χ2v) is 11.7. The molecule has 0 spiro atoms. The Balaban J connectivity index is 0.000000193. The van der Waals surface area contributed by atoms with Crippen LogP contribution in [0.5, 0.6) is 0 Å². The van der Waals surface area contributed by atoms with Crippen molar-refractivity contribution in [3.63, 3.8) is 0 Å². The van der Waals surface area contributed by atoms with Gasteiger partial charge in [0, 0.05) is 26.0 Å². The second kappa shape index (κ2) is 10.2. The van der Waals surface area contributed by atoms with Crippen molar-refractivity contribution in [2.75, 3.05) is 0 Å². The summed E-state index contributed by atoms with van der Waals surface area (Å²) in [5, 5.41) is 21.5. The predicted octanol–water partition coefficient (Wildman–Crippen LogP) is 6.62. The van der Waals surface area contributed by atoms with E-state index in [9.17, 15) is 10.2 Å². The van der Waals surface area contributed by atoms with E-state index in [0.717, 1.165) is 29.6 Å². The molecule has 1 heterocycles. The Morgan fingerprint density at radius 1 is 0.912 bits per heavy atom. The van der Waals surface area contributed by atoms with Crippen LogP contribution in [-0.4, -0.2) is 27.4 Å². The normalized spacial score (nSPS) is 26.5. The fourth-order valence-corrected chi connectivity index (χ4v) is 5.86. The average Bonchev–Trinajstić information content (AvgIpc) is 3.13. The van der Waals surface area contributed by atoms with E-state index in [0.29, 0.717) is 11.8 Å². The van der Waals surface area contributed by atoms with Gasteiger partial charge in [0.25, 0.3) is 0 Å². The number of aromatic nitrogens is 1. The average molecular weight is 637 g/mol. The Hall–Kier alpha value is -1.58. The van der Waals surface area contributed by atoms with Crippen molar-refractivity contribution < 1.29 is 30.3 Å². The topological polar surface area (TPSA) is 53.4 Å². The smallest absolute Gasteiger partial charge is 0.0646 e. The quantitative estimate of drug-likeness (QED) is 0.311. The van der Waals surface area contributed by atoms with Crippen molar-refractivity contribution in [1.82, 2.24) is 4.98 Å². The molecule has 2 atom stereocenters. The monoisotopic (exact) mass is 637 g/mol. The minimum atomic E-state index is -0.329. The van der Waals surface area contributed by atoms with E-state index in [1.54, 1.807) is 0 Å². The summed E-state index contributed by atoms with van der Waals surface area (Å²) in [5.74, 6) is 1.16. The Morgan fingerprint density at radius 2 is 1.53 bits per heavy atom. The van der Waals surface area contributed by atoms with Crippen molar-refractivity contribution >= 4 is 10.9 Å². The molecule has 0 aliphatic heterocycles. The van der Waals surface area contributed by atoms with Gasteiger partial charge in [-0.1, -0.05) is 65.8 Å². The number of pyridine rings is 1. The van der Waals surface area contributed by atoms with Crippen LogP contribution in [0.2, 0.25) is 0 Å².